The van der Waals surface area contributed by atoms with Crippen molar-refractivity contribution in [3.63, 3.8) is 0 Å². The first-order valence-corrected chi connectivity index (χ1v) is 6.69. The molecule has 4 heteroatoms. The molecule has 2 aliphatic rings. The molecule has 1 amide bonds. The zero-order valence-electron chi connectivity index (χ0n) is 10.9. The SMILES string of the molecule is CCC1(C(=O)NC(C)C2CCCNC2)CC1.Cl. The van der Waals surface area contributed by atoms with Crippen LogP contribution < -0.4 is 10.6 Å². The van der Waals surface area contributed by atoms with Gasteiger partial charge in [-0.1, -0.05) is 6.92 Å². The van der Waals surface area contributed by atoms with Crippen LogP contribution in [-0.2, 0) is 4.79 Å². The largest absolute Gasteiger partial charge is 0.353 e. The first kappa shape index (κ1) is 14.8. The Morgan fingerprint density at radius 3 is 2.71 bits per heavy atom. The van der Waals surface area contributed by atoms with Gasteiger partial charge in [-0.3, -0.25) is 4.79 Å². The fraction of sp³-hybridized carbons (Fsp3) is 0.923. The molecular weight excluding hydrogens is 236 g/mol. The van der Waals surface area contributed by atoms with E-state index in [1.165, 1.54) is 12.8 Å². The van der Waals surface area contributed by atoms with Gasteiger partial charge in [-0.15, -0.1) is 12.4 Å². The van der Waals surface area contributed by atoms with Gasteiger partial charge in [-0.2, -0.15) is 0 Å². The highest BCUT2D eigenvalue weighted by atomic mass is 35.5. The zero-order valence-corrected chi connectivity index (χ0v) is 11.7. The maximum absolute atomic E-state index is 12.1. The Morgan fingerprint density at radius 2 is 2.24 bits per heavy atom. The summed E-state index contributed by atoms with van der Waals surface area (Å²) >= 11 is 0. The second kappa shape index (κ2) is 6.05. The summed E-state index contributed by atoms with van der Waals surface area (Å²) in [4.78, 5) is 12.1. The minimum Gasteiger partial charge on any atom is -0.353 e. The van der Waals surface area contributed by atoms with Gasteiger partial charge < -0.3 is 10.6 Å². The minimum atomic E-state index is 0. The van der Waals surface area contributed by atoms with E-state index in [1.807, 2.05) is 0 Å². The van der Waals surface area contributed by atoms with Crippen LogP contribution in [0.4, 0.5) is 0 Å². The van der Waals surface area contributed by atoms with Crippen molar-refractivity contribution >= 4 is 18.3 Å². The highest BCUT2D eigenvalue weighted by molar-refractivity contribution is 5.85. The molecule has 0 bridgehead atoms. The lowest BCUT2D eigenvalue weighted by Gasteiger charge is -2.30. The van der Waals surface area contributed by atoms with Crippen LogP contribution in [0.5, 0.6) is 0 Å². The van der Waals surface area contributed by atoms with Crippen LogP contribution in [0.25, 0.3) is 0 Å². The van der Waals surface area contributed by atoms with E-state index in [0.29, 0.717) is 17.9 Å². The third kappa shape index (κ3) is 3.35. The maximum atomic E-state index is 12.1. The van der Waals surface area contributed by atoms with Crippen molar-refractivity contribution in [2.75, 3.05) is 13.1 Å². The lowest BCUT2D eigenvalue weighted by atomic mass is 9.92. The Labute approximate surface area is 111 Å². The number of amides is 1. The molecule has 100 valence electrons. The molecule has 2 rings (SSSR count). The fourth-order valence-corrected chi connectivity index (χ4v) is 2.68. The Hall–Kier alpha value is -0.280. The Kier molecular flexibility index (Phi) is 5.26. The lowest BCUT2D eigenvalue weighted by molar-refractivity contribution is -0.127. The molecule has 2 atom stereocenters. The van der Waals surface area contributed by atoms with Gasteiger partial charge in [0.15, 0.2) is 0 Å². The Morgan fingerprint density at radius 1 is 1.53 bits per heavy atom. The second-order valence-corrected chi connectivity index (χ2v) is 5.50. The van der Waals surface area contributed by atoms with Crippen molar-refractivity contribution in [1.29, 1.82) is 0 Å². The quantitative estimate of drug-likeness (QED) is 0.813. The number of rotatable bonds is 4. The highest BCUT2D eigenvalue weighted by Gasteiger charge is 2.48. The van der Waals surface area contributed by atoms with E-state index in [4.69, 9.17) is 0 Å². The third-order valence-corrected chi connectivity index (χ3v) is 4.41. The molecular formula is C13H25ClN2O. The molecule has 2 unspecified atom stereocenters. The highest BCUT2D eigenvalue weighted by Crippen LogP contribution is 2.48. The number of hydrogen-bond donors (Lipinski definition) is 2. The second-order valence-electron chi connectivity index (χ2n) is 5.50. The van der Waals surface area contributed by atoms with Crippen LogP contribution in [0, 0.1) is 11.3 Å². The van der Waals surface area contributed by atoms with Crippen LogP contribution >= 0.6 is 12.4 Å². The molecule has 0 spiro atoms. The van der Waals surface area contributed by atoms with Crippen LogP contribution in [-0.4, -0.2) is 25.0 Å². The molecule has 2 N–H and O–H groups in total. The van der Waals surface area contributed by atoms with E-state index in [1.54, 1.807) is 0 Å². The summed E-state index contributed by atoms with van der Waals surface area (Å²) in [5.41, 5.74) is 0.0103. The summed E-state index contributed by atoms with van der Waals surface area (Å²) in [5, 5.41) is 6.63. The number of hydrogen-bond acceptors (Lipinski definition) is 2. The Bertz CT molecular complexity index is 260. The van der Waals surface area contributed by atoms with Gasteiger partial charge in [-0.05, 0) is 58.0 Å². The van der Waals surface area contributed by atoms with Gasteiger partial charge in [0, 0.05) is 11.5 Å². The zero-order chi connectivity index (χ0) is 11.6. The molecule has 1 saturated carbocycles. The average molecular weight is 261 g/mol. The van der Waals surface area contributed by atoms with Gasteiger partial charge in [0.1, 0.15) is 0 Å². The van der Waals surface area contributed by atoms with Crippen LogP contribution in [0.1, 0.15) is 46.0 Å². The number of carbonyl (C=O) groups is 1. The number of halogens is 1. The van der Waals surface area contributed by atoms with Crippen molar-refractivity contribution in [2.24, 2.45) is 11.3 Å². The van der Waals surface area contributed by atoms with Crippen molar-refractivity contribution in [2.45, 2.75) is 52.0 Å². The molecule has 2 fully saturated rings. The molecule has 0 aromatic carbocycles. The van der Waals surface area contributed by atoms with E-state index >= 15 is 0 Å². The van der Waals surface area contributed by atoms with Crippen molar-refractivity contribution in [3.8, 4) is 0 Å². The maximum Gasteiger partial charge on any atom is 0.226 e. The van der Waals surface area contributed by atoms with Crippen LogP contribution in [0.15, 0.2) is 0 Å². The van der Waals surface area contributed by atoms with Crippen molar-refractivity contribution in [3.05, 3.63) is 0 Å². The summed E-state index contributed by atoms with van der Waals surface area (Å²) in [6, 6.07) is 0.323. The van der Waals surface area contributed by atoms with Gasteiger partial charge in [0.05, 0.1) is 0 Å². The van der Waals surface area contributed by atoms with Crippen LogP contribution in [0.2, 0.25) is 0 Å². The fourth-order valence-electron chi connectivity index (χ4n) is 2.68. The summed E-state index contributed by atoms with van der Waals surface area (Å²) in [6.07, 6.45) is 5.65. The van der Waals surface area contributed by atoms with Gasteiger partial charge in [0.25, 0.3) is 0 Å². The van der Waals surface area contributed by atoms with Crippen molar-refractivity contribution < 1.29 is 4.79 Å². The van der Waals surface area contributed by atoms with E-state index in [0.717, 1.165) is 32.4 Å². The predicted octanol–water partition coefficient (Wildman–Crippen LogP) is 2.10. The molecule has 1 heterocycles. The molecule has 3 nitrogen and oxygen atoms in total. The number of nitrogens with one attached hydrogen (secondary N) is 2. The molecule has 1 saturated heterocycles. The standard InChI is InChI=1S/C13H24N2O.ClH/c1-3-13(6-7-13)12(16)15-10(2)11-5-4-8-14-9-11;/h10-11,14H,3-9H2,1-2H3,(H,15,16);1H. The summed E-state index contributed by atoms with van der Waals surface area (Å²) in [6.45, 7) is 6.47. The first-order valence-electron chi connectivity index (χ1n) is 6.69. The topological polar surface area (TPSA) is 41.1 Å². The smallest absolute Gasteiger partial charge is 0.226 e. The van der Waals surface area contributed by atoms with E-state index in [-0.39, 0.29) is 17.8 Å². The molecule has 1 aliphatic carbocycles. The van der Waals surface area contributed by atoms with Crippen LogP contribution in [0.3, 0.4) is 0 Å². The number of piperidine rings is 1. The summed E-state index contributed by atoms with van der Waals surface area (Å²) in [7, 11) is 0. The molecule has 1 aliphatic heterocycles. The lowest BCUT2D eigenvalue weighted by Crippen LogP contribution is -2.46. The van der Waals surface area contributed by atoms with Gasteiger partial charge in [0.2, 0.25) is 5.91 Å². The predicted molar refractivity (Wildman–Crippen MR) is 72.4 cm³/mol. The molecule has 0 aromatic heterocycles. The van der Waals surface area contributed by atoms with E-state index < -0.39 is 0 Å². The van der Waals surface area contributed by atoms with E-state index in [9.17, 15) is 4.79 Å². The van der Waals surface area contributed by atoms with Gasteiger partial charge >= 0.3 is 0 Å². The molecule has 0 aromatic rings. The molecule has 17 heavy (non-hydrogen) atoms. The summed E-state index contributed by atoms with van der Waals surface area (Å²) in [5.74, 6) is 0.915. The minimum absolute atomic E-state index is 0. The number of carbonyl (C=O) groups excluding carboxylic acids is 1. The van der Waals surface area contributed by atoms with E-state index in [2.05, 4.69) is 24.5 Å². The van der Waals surface area contributed by atoms with Gasteiger partial charge in [-0.25, -0.2) is 0 Å². The normalized spacial score (nSPS) is 27.8. The monoisotopic (exact) mass is 260 g/mol. The molecule has 0 radical (unpaired) electrons. The van der Waals surface area contributed by atoms with Crippen molar-refractivity contribution in [1.82, 2.24) is 10.6 Å². The Balaban J connectivity index is 0.00000144. The third-order valence-electron chi connectivity index (χ3n) is 4.41. The average Bonchev–Trinajstić information content (AvgIpc) is 3.11. The first-order chi connectivity index (χ1) is 7.68. The summed E-state index contributed by atoms with van der Waals surface area (Å²) < 4.78 is 0.